The van der Waals surface area contributed by atoms with E-state index in [0.29, 0.717) is 23.8 Å². The number of piperidine rings is 1. The highest BCUT2D eigenvalue weighted by molar-refractivity contribution is 7.89. The highest BCUT2D eigenvalue weighted by Gasteiger charge is 2.32. The van der Waals surface area contributed by atoms with Crippen molar-refractivity contribution in [1.82, 2.24) is 4.31 Å². The van der Waals surface area contributed by atoms with E-state index in [-0.39, 0.29) is 12.6 Å². The molecule has 20 heavy (non-hydrogen) atoms. The summed E-state index contributed by atoms with van der Waals surface area (Å²) in [7, 11) is -3.40. The van der Waals surface area contributed by atoms with E-state index in [0.717, 1.165) is 18.4 Å². The maximum Gasteiger partial charge on any atom is 0.243 e. The third kappa shape index (κ3) is 3.22. The Morgan fingerprint density at radius 2 is 1.90 bits per heavy atom. The van der Waals surface area contributed by atoms with Crippen LogP contribution in [0.4, 0.5) is 0 Å². The standard InChI is InChI=1S/C15H23NO3S/c1-12-7-9-16(13(2)11-12)20(18,19)15-5-3-14(4-6-15)8-10-17/h3-6,12-13,17H,7-11H2,1-2H3. The van der Waals surface area contributed by atoms with E-state index >= 15 is 0 Å². The SMILES string of the molecule is CC1CCN(S(=O)(=O)c2ccc(CCO)cc2)C(C)C1. The molecule has 0 aromatic heterocycles. The molecular formula is C15H23NO3S. The Balaban J connectivity index is 2.21. The van der Waals surface area contributed by atoms with Crippen LogP contribution in [0.25, 0.3) is 0 Å². The maximum absolute atomic E-state index is 12.7. The Labute approximate surface area is 121 Å². The molecule has 1 aromatic rings. The van der Waals surface area contributed by atoms with Crippen LogP contribution in [0, 0.1) is 5.92 Å². The van der Waals surface area contributed by atoms with Gasteiger partial charge in [-0.2, -0.15) is 4.31 Å². The first-order chi connectivity index (χ1) is 9.45. The molecule has 0 amide bonds. The van der Waals surface area contributed by atoms with E-state index in [1.54, 1.807) is 28.6 Å². The Hall–Kier alpha value is -0.910. The van der Waals surface area contributed by atoms with Crippen LogP contribution in [0.1, 0.15) is 32.3 Å². The molecule has 0 spiro atoms. The minimum atomic E-state index is -3.40. The van der Waals surface area contributed by atoms with Crippen molar-refractivity contribution in [2.75, 3.05) is 13.2 Å². The molecule has 1 aromatic carbocycles. The molecule has 1 saturated heterocycles. The van der Waals surface area contributed by atoms with Crippen molar-refractivity contribution in [2.45, 2.75) is 44.0 Å². The van der Waals surface area contributed by atoms with Gasteiger partial charge in [-0.1, -0.05) is 19.1 Å². The summed E-state index contributed by atoms with van der Waals surface area (Å²) in [6, 6.07) is 6.90. The lowest BCUT2D eigenvalue weighted by Gasteiger charge is -2.35. The first-order valence-electron chi connectivity index (χ1n) is 7.17. The second-order valence-electron chi connectivity index (χ2n) is 5.71. The summed E-state index contributed by atoms with van der Waals surface area (Å²) >= 11 is 0. The average Bonchev–Trinajstić information content (AvgIpc) is 2.39. The van der Waals surface area contributed by atoms with E-state index in [1.165, 1.54) is 0 Å². The number of hydrogen-bond acceptors (Lipinski definition) is 3. The van der Waals surface area contributed by atoms with Gasteiger partial charge in [-0.3, -0.25) is 0 Å². The van der Waals surface area contributed by atoms with Gasteiger partial charge in [0.2, 0.25) is 10.0 Å². The molecule has 112 valence electrons. The number of sulfonamides is 1. The lowest BCUT2D eigenvalue weighted by atomic mass is 9.95. The molecule has 2 unspecified atom stereocenters. The Bertz CT molecular complexity index is 539. The number of nitrogens with zero attached hydrogens (tertiary/aromatic N) is 1. The van der Waals surface area contributed by atoms with Crippen molar-refractivity contribution >= 4 is 10.0 Å². The topological polar surface area (TPSA) is 57.6 Å². The van der Waals surface area contributed by atoms with Crippen LogP contribution in [0.3, 0.4) is 0 Å². The van der Waals surface area contributed by atoms with Gasteiger partial charge < -0.3 is 5.11 Å². The highest BCUT2D eigenvalue weighted by Crippen LogP contribution is 2.28. The molecule has 1 aliphatic heterocycles. The fraction of sp³-hybridized carbons (Fsp3) is 0.600. The maximum atomic E-state index is 12.7. The van der Waals surface area contributed by atoms with Crippen molar-refractivity contribution < 1.29 is 13.5 Å². The van der Waals surface area contributed by atoms with E-state index in [4.69, 9.17) is 5.11 Å². The Kier molecular flexibility index (Phi) is 4.83. The minimum absolute atomic E-state index is 0.0564. The van der Waals surface area contributed by atoms with E-state index in [1.807, 2.05) is 6.92 Å². The monoisotopic (exact) mass is 297 g/mol. The number of aliphatic hydroxyl groups excluding tert-OH is 1. The fourth-order valence-electron chi connectivity index (χ4n) is 2.84. The van der Waals surface area contributed by atoms with Crippen LogP contribution in [0.2, 0.25) is 0 Å². The zero-order valence-electron chi connectivity index (χ0n) is 12.1. The average molecular weight is 297 g/mol. The normalized spacial score (nSPS) is 24.8. The third-order valence-electron chi connectivity index (χ3n) is 4.01. The molecule has 1 aliphatic rings. The van der Waals surface area contributed by atoms with Crippen LogP contribution in [0.5, 0.6) is 0 Å². The Morgan fingerprint density at radius 3 is 2.45 bits per heavy atom. The molecule has 1 N–H and O–H groups in total. The summed E-state index contributed by atoms with van der Waals surface area (Å²) in [6.45, 7) is 4.83. The minimum Gasteiger partial charge on any atom is -0.396 e. The summed E-state index contributed by atoms with van der Waals surface area (Å²) in [5.74, 6) is 0.586. The molecule has 2 rings (SSSR count). The lowest BCUT2D eigenvalue weighted by Crippen LogP contribution is -2.44. The van der Waals surface area contributed by atoms with Crippen LogP contribution in [-0.4, -0.2) is 37.0 Å². The molecule has 2 atom stereocenters. The summed E-state index contributed by atoms with van der Waals surface area (Å²) in [5.41, 5.74) is 0.951. The van der Waals surface area contributed by atoms with Crippen molar-refractivity contribution in [2.24, 2.45) is 5.92 Å². The summed E-state index contributed by atoms with van der Waals surface area (Å²) in [6.07, 6.45) is 2.39. The predicted octanol–water partition coefficient (Wildman–Crippen LogP) is 2.03. The van der Waals surface area contributed by atoms with Crippen LogP contribution in [-0.2, 0) is 16.4 Å². The van der Waals surface area contributed by atoms with Gasteiger partial charge in [-0.05, 0) is 49.8 Å². The molecular weight excluding hydrogens is 274 g/mol. The van der Waals surface area contributed by atoms with Crippen molar-refractivity contribution in [1.29, 1.82) is 0 Å². The second-order valence-corrected chi connectivity index (χ2v) is 7.60. The van der Waals surface area contributed by atoms with Gasteiger partial charge in [0.25, 0.3) is 0 Å². The molecule has 0 radical (unpaired) electrons. The van der Waals surface area contributed by atoms with Crippen molar-refractivity contribution in [3.8, 4) is 0 Å². The van der Waals surface area contributed by atoms with Crippen molar-refractivity contribution in [3.63, 3.8) is 0 Å². The second kappa shape index (κ2) is 6.24. The van der Waals surface area contributed by atoms with Crippen LogP contribution < -0.4 is 0 Å². The summed E-state index contributed by atoms with van der Waals surface area (Å²) in [5, 5.41) is 8.89. The van der Waals surface area contributed by atoms with Crippen LogP contribution in [0.15, 0.2) is 29.2 Å². The van der Waals surface area contributed by atoms with E-state index in [2.05, 4.69) is 6.92 Å². The van der Waals surface area contributed by atoms with Gasteiger partial charge in [0.05, 0.1) is 4.90 Å². The molecule has 1 heterocycles. The number of benzene rings is 1. The predicted molar refractivity (Wildman–Crippen MR) is 79.0 cm³/mol. The van der Waals surface area contributed by atoms with Gasteiger partial charge in [0.15, 0.2) is 0 Å². The first-order valence-corrected chi connectivity index (χ1v) is 8.61. The van der Waals surface area contributed by atoms with E-state index in [9.17, 15) is 8.42 Å². The Morgan fingerprint density at radius 1 is 1.25 bits per heavy atom. The smallest absolute Gasteiger partial charge is 0.243 e. The molecule has 5 heteroatoms. The lowest BCUT2D eigenvalue weighted by molar-refractivity contribution is 0.220. The number of rotatable bonds is 4. The molecule has 1 fully saturated rings. The van der Waals surface area contributed by atoms with E-state index < -0.39 is 10.0 Å². The number of aliphatic hydroxyl groups is 1. The molecule has 0 saturated carbocycles. The quantitative estimate of drug-likeness (QED) is 0.925. The third-order valence-corrected chi connectivity index (χ3v) is 6.04. The first kappa shape index (κ1) is 15.5. The van der Waals surface area contributed by atoms with Crippen LogP contribution >= 0.6 is 0 Å². The number of hydrogen-bond donors (Lipinski definition) is 1. The molecule has 4 nitrogen and oxygen atoms in total. The molecule has 0 bridgehead atoms. The summed E-state index contributed by atoms with van der Waals surface area (Å²) < 4.78 is 26.9. The van der Waals surface area contributed by atoms with Gasteiger partial charge in [0.1, 0.15) is 0 Å². The summed E-state index contributed by atoms with van der Waals surface area (Å²) in [4.78, 5) is 0.348. The molecule has 0 aliphatic carbocycles. The van der Waals surface area contributed by atoms with Crippen molar-refractivity contribution in [3.05, 3.63) is 29.8 Å². The van der Waals surface area contributed by atoms with Gasteiger partial charge in [-0.15, -0.1) is 0 Å². The largest absolute Gasteiger partial charge is 0.396 e. The van der Waals surface area contributed by atoms with Gasteiger partial charge in [0, 0.05) is 19.2 Å². The van der Waals surface area contributed by atoms with Gasteiger partial charge in [-0.25, -0.2) is 8.42 Å². The highest BCUT2D eigenvalue weighted by atomic mass is 32.2. The van der Waals surface area contributed by atoms with Gasteiger partial charge >= 0.3 is 0 Å². The zero-order chi connectivity index (χ0) is 14.8. The zero-order valence-corrected chi connectivity index (χ0v) is 12.9. The fourth-order valence-corrected chi connectivity index (χ4v) is 4.49.